The van der Waals surface area contributed by atoms with Crippen LogP contribution in [0.5, 0.6) is 0 Å². The summed E-state index contributed by atoms with van der Waals surface area (Å²) in [5, 5.41) is 18.7. The monoisotopic (exact) mass is 265 g/mol. The zero-order valence-corrected chi connectivity index (χ0v) is 11.0. The average molecular weight is 265 g/mol. The summed E-state index contributed by atoms with van der Waals surface area (Å²) in [6.07, 6.45) is -0.568. The van der Waals surface area contributed by atoms with E-state index in [0.29, 0.717) is 26.2 Å². The van der Waals surface area contributed by atoms with Crippen molar-refractivity contribution >= 4 is 5.97 Å². The Morgan fingerprint density at radius 1 is 1.37 bits per heavy atom. The number of β-amino-alcohol motifs (C(OH)–C–C–N with tert-alkyl or cyclic N) is 1. The molecule has 2 atom stereocenters. The van der Waals surface area contributed by atoms with Crippen LogP contribution in [0.4, 0.5) is 0 Å². The van der Waals surface area contributed by atoms with Crippen LogP contribution in [0.3, 0.4) is 0 Å². The normalized spacial score (nSPS) is 23.7. The van der Waals surface area contributed by atoms with Crippen LogP contribution in [-0.2, 0) is 11.3 Å². The smallest absolute Gasteiger partial charge is 0.335 e. The number of carbonyl (C=O) groups is 1. The number of rotatable bonds is 5. The van der Waals surface area contributed by atoms with Gasteiger partial charge in [-0.15, -0.1) is 0 Å². The largest absolute Gasteiger partial charge is 0.478 e. The van der Waals surface area contributed by atoms with E-state index in [-0.39, 0.29) is 11.7 Å². The van der Waals surface area contributed by atoms with Gasteiger partial charge in [0.2, 0.25) is 0 Å². The molecule has 19 heavy (non-hydrogen) atoms. The molecule has 1 aliphatic rings. The molecule has 1 aliphatic heterocycles. The second kappa shape index (κ2) is 6.14. The second-order valence-corrected chi connectivity index (χ2v) is 4.76. The Bertz CT molecular complexity index is 432. The van der Waals surface area contributed by atoms with Gasteiger partial charge in [-0.05, 0) is 24.6 Å². The number of carboxylic acids is 1. The average Bonchev–Trinajstić information content (AvgIpc) is 2.71. The van der Waals surface area contributed by atoms with Crippen LogP contribution in [0, 0.1) is 0 Å². The summed E-state index contributed by atoms with van der Waals surface area (Å²) in [4.78, 5) is 12.9. The van der Waals surface area contributed by atoms with Gasteiger partial charge in [0.05, 0.1) is 17.8 Å². The highest BCUT2D eigenvalue weighted by molar-refractivity contribution is 5.87. The van der Waals surface area contributed by atoms with Crippen molar-refractivity contribution in [3.63, 3.8) is 0 Å². The third-order valence-electron chi connectivity index (χ3n) is 3.30. The van der Waals surface area contributed by atoms with E-state index >= 15 is 0 Å². The molecule has 1 fully saturated rings. The van der Waals surface area contributed by atoms with E-state index in [1.165, 1.54) is 0 Å². The lowest BCUT2D eigenvalue weighted by Gasteiger charge is -2.15. The highest BCUT2D eigenvalue weighted by atomic mass is 16.5. The number of nitrogens with zero attached hydrogens (tertiary/aromatic N) is 1. The van der Waals surface area contributed by atoms with Gasteiger partial charge in [0.1, 0.15) is 0 Å². The van der Waals surface area contributed by atoms with E-state index in [9.17, 15) is 9.90 Å². The van der Waals surface area contributed by atoms with Gasteiger partial charge < -0.3 is 14.9 Å². The van der Waals surface area contributed by atoms with Gasteiger partial charge >= 0.3 is 5.97 Å². The molecule has 2 unspecified atom stereocenters. The predicted molar refractivity (Wildman–Crippen MR) is 70.1 cm³/mol. The molecule has 5 heteroatoms. The lowest BCUT2D eigenvalue weighted by Crippen LogP contribution is -2.26. The van der Waals surface area contributed by atoms with Crippen molar-refractivity contribution in [2.75, 3.05) is 19.7 Å². The molecule has 0 amide bonds. The molecule has 0 bridgehead atoms. The number of carboxylic acid groups (broad SMARTS) is 1. The van der Waals surface area contributed by atoms with Crippen molar-refractivity contribution in [1.29, 1.82) is 0 Å². The fraction of sp³-hybridized carbons (Fsp3) is 0.500. The Labute approximate surface area is 112 Å². The summed E-state index contributed by atoms with van der Waals surface area (Å²) in [7, 11) is 0. The number of hydrogen-bond acceptors (Lipinski definition) is 4. The Morgan fingerprint density at radius 2 is 2.05 bits per heavy atom. The molecular formula is C14H19NO4. The molecule has 1 aromatic rings. The van der Waals surface area contributed by atoms with Crippen LogP contribution in [0.2, 0.25) is 0 Å². The molecular weight excluding hydrogens is 246 g/mol. The van der Waals surface area contributed by atoms with Gasteiger partial charge in [-0.25, -0.2) is 4.79 Å². The second-order valence-electron chi connectivity index (χ2n) is 4.76. The first-order valence-electron chi connectivity index (χ1n) is 6.44. The van der Waals surface area contributed by atoms with E-state index in [2.05, 4.69) is 4.90 Å². The minimum absolute atomic E-state index is 0.122. The van der Waals surface area contributed by atoms with Crippen molar-refractivity contribution in [1.82, 2.24) is 4.90 Å². The number of hydrogen-bond donors (Lipinski definition) is 2. The van der Waals surface area contributed by atoms with Crippen LogP contribution < -0.4 is 0 Å². The standard InChI is InChI=1S/C14H19NO4/c1-2-19-13-9-15(8-12(13)16)7-10-3-5-11(6-4-10)14(17)18/h3-6,12-13,16H,2,7-9H2,1H3,(H,17,18). The lowest BCUT2D eigenvalue weighted by molar-refractivity contribution is -0.00245. The zero-order chi connectivity index (χ0) is 13.8. The molecule has 5 nitrogen and oxygen atoms in total. The summed E-state index contributed by atoms with van der Waals surface area (Å²) < 4.78 is 5.46. The van der Waals surface area contributed by atoms with Crippen LogP contribution in [-0.4, -0.2) is 53.0 Å². The van der Waals surface area contributed by atoms with Crippen LogP contribution >= 0.6 is 0 Å². The number of aromatic carboxylic acids is 1. The SMILES string of the molecule is CCOC1CN(Cc2ccc(C(=O)O)cc2)CC1O. The molecule has 0 spiro atoms. The maximum atomic E-state index is 10.8. The van der Waals surface area contributed by atoms with Crippen molar-refractivity contribution in [3.8, 4) is 0 Å². The molecule has 0 aromatic heterocycles. The minimum Gasteiger partial charge on any atom is -0.478 e. The molecule has 0 saturated carbocycles. The van der Waals surface area contributed by atoms with E-state index in [1.54, 1.807) is 12.1 Å². The van der Waals surface area contributed by atoms with E-state index in [0.717, 1.165) is 5.56 Å². The zero-order valence-electron chi connectivity index (χ0n) is 11.0. The molecule has 1 heterocycles. The van der Waals surface area contributed by atoms with Gasteiger partial charge in [0, 0.05) is 26.2 Å². The number of aliphatic hydroxyl groups is 1. The van der Waals surface area contributed by atoms with Gasteiger partial charge in [0.25, 0.3) is 0 Å². The molecule has 104 valence electrons. The minimum atomic E-state index is -0.917. The molecule has 0 aliphatic carbocycles. The van der Waals surface area contributed by atoms with Gasteiger partial charge in [-0.1, -0.05) is 12.1 Å². The third-order valence-corrected chi connectivity index (χ3v) is 3.30. The molecule has 1 saturated heterocycles. The van der Waals surface area contributed by atoms with Crippen LogP contribution in [0.15, 0.2) is 24.3 Å². The quantitative estimate of drug-likeness (QED) is 0.830. The Morgan fingerprint density at radius 3 is 2.63 bits per heavy atom. The van der Waals surface area contributed by atoms with Crippen molar-refractivity contribution < 1.29 is 19.7 Å². The predicted octanol–water partition coefficient (Wildman–Crippen LogP) is 0.966. The maximum Gasteiger partial charge on any atom is 0.335 e. The van der Waals surface area contributed by atoms with E-state index in [1.807, 2.05) is 19.1 Å². The molecule has 1 aromatic carbocycles. The first-order valence-corrected chi connectivity index (χ1v) is 6.44. The molecule has 0 radical (unpaired) electrons. The van der Waals surface area contributed by atoms with Gasteiger partial charge in [-0.2, -0.15) is 0 Å². The molecule has 2 N–H and O–H groups in total. The van der Waals surface area contributed by atoms with Gasteiger partial charge in [-0.3, -0.25) is 4.90 Å². The fourth-order valence-electron chi connectivity index (χ4n) is 2.35. The summed E-state index contributed by atoms with van der Waals surface area (Å²) in [5.41, 5.74) is 1.33. The van der Waals surface area contributed by atoms with Crippen molar-refractivity contribution in [2.24, 2.45) is 0 Å². The van der Waals surface area contributed by atoms with Gasteiger partial charge in [0.15, 0.2) is 0 Å². The Hall–Kier alpha value is -1.43. The fourth-order valence-corrected chi connectivity index (χ4v) is 2.35. The maximum absolute atomic E-state index is 10.8. The van der Waals surface area contributed by atoms with E-state index in [4.69, 9.17) is 9.84 Å². The summed E-state index contributed by atoms with van der Waals surface area (Å²) in [6, 6.07) is 6.82. The highest BCUT2D eigenvalue weighted by Gasteiger charge is 2.31. The number of likely N-dealkylation sites (tertiary alicyclic amines) is 1. The van der Waals surface area contributed by atoms with E-state index < -0.39 is 12.1 Å². The highest BCUT2D eigenvalue weighted by Crippen LogP contribution is 2.17. The first kappa shape index (κ1) is 14.0. The van der Waals surface area contributed by atoms with Crippen LogP contribution in [0.25, 0.3) is 0 Å². The topological polar surface area (TPSA) is 70.0 Å². The molecule has 2 rings (SSSR count). The first-order chi connectivity index (χ1) is 9.10. The number of benzene rings is 1. The summed E-state index contributed by atoms with van der Waals surface area (Å²) in [5.74, 6) is -0.917. The Kier molecular flexibility index (Phi) is 4.52. The van der Waals surface area contributed by atoms with Crippen molar-refractivity contribution in [2.45, 2.75) is 25.7 Å². The number of ether oxygens (including phenoxy) is 1. The summed E-state index contributed by atoms with van der Waals surface area (Å²) >= 11 is 0. The van der Waals surface area contributed by atoms with Crippen LogP contribution in [0.1, 0.15) is 22.8 Å². The number of aliphatic hydroxyl groups excluding tert-OH is 1. The Balaban J connectivity index is 1.93. The summed E-state index contributed by atoms with van der Waals surface area (Å²) in [6.45, 7) is 4.50. The van der Waals surface area contributed by atoms with Crippen molar-refractivity contribution in [3.05, 3.63) is 35.4 Å². The third kappa shape index (κ3) is 3.53. The lowest BCUT2D eigenvalue weighted by atomic mass is 10.1.